The van der Waals surface area contributed by atoms with Crippen LogP contribution in [0, 0.1) is 17.0 Å². The lowest BCUT2D eigenvalue weighted by Gasteiger charge is -2.29. The van der Waals surface area contributed by atoms with Crippen molar-refractivity contribution in [2.24, 2.45) is 0 Å². The number of fused-ring (bicyclic) bond motifs is 2. The van der Waals surface area contributed by atoms with Gasteiger partial charge in [-0.1, -0.05) is 0 Å². The van der Waals surface area contributed by atoms with E-state index >= 15 is 0 Å². The van der Waals surface area contributed by atoms with Crippen molar-refractivity contribution < 1.29 is 9.72 Å². The summed E-state index contributed by atoms with van der Waals surface area (Å²) in [6, 6.07) is 5.61. The van der Waals surface area contributed by atoms with Crippen LogP contribution in [0.1, 0.15) is 41.6 Å². The molecule has 2 aliphatic rings. The van der Waals surface area contributed by atoms with E-state index in [1.807, 2.05) is 0 Å². The van der Waals surface area contributed by atoms with Crippen molar-refractivity contribution >= 4 is 24.0 Å². The Kier molecular flexibility index (Phi) is 5.03. The second kappa shape index (κ2) is 6.62. The fraction of sp³-hybridized carbons (Fsp3) is 0.533. The SMILES string of the molecule is Cc1cc([N+](=O)[O-])ccc1C(=O)NC1CC2CCC(C1)N2.Cl. The van der Waals surface area contributed by atoms with Gasteiger partial charge in [-0.2, -0.15) is 0 Å². The van der Waals surface area contributed by atoms with Crippen LogP contribution in [0.5, 0.6) is 0 Å². The number of benzene rings is 1. The van der Waals surface area contributed by atoms with Crippen molar-refractivity contribution in [2.45, 2.75) is 50.7 Å². The van der Waals surface area contributed by atoms with Crippen molar-refractivity contribution in [2.75, 3.05) is 0 Å². The first-order valence-corrected chi connectivity index (χ1v) is 7.35. The minimum atomic E-state index is -0.445. The van der Waals surface area contributed by atoms with E-state index in [2.05, 4.69) is 10.6 Å². The van der Waals surface area contributed by atoms with E-state index in [0.29, 0.717) is 23.2 Å². The number of amides is 1. The Morgan fingerprint density at radius 3 is 2.50 bits per heavy atom. The Balaban J connectivity index is 0.00000176. The molecule has 0 radical (unpaired) electrons. The molecule has 120 valence electrons. The summed E-state index contributed by atoms with van der Waals surface area (Å²) in [5.74, 6) is -0.131. The highest BCUT2D eigenvalue weighted by Gasteiger charge is 2.34. The number of hydrogen-bond acceptors (Lipinski definition) is 4. The van der Waals surface area contributed by atoms with Crippen LogP contribution < -0.4 is 10.6 Å². The number of hydrogen-bond donors (Lipinski definition) is 2. The molecule has 6 nitrogen and oxygen atoms in total. The Morgan fingerprint density at radius 1 is 1.32 bits per heavy atom. The van der Waals surface area contributed by atoms with Gasteiger partial charge in [-0.15, -0.1) is 12.4 Å². The highest BCUT2D eigenvalue weighted by molar-refractivity contribution is 5.96. The zero-order valence-electron chi connectivity index (χ0n) is 12.4. The third-order valence-electron chi connectivity index (χ3n) is 4.47. The van der Waals surface area contributed by atoms with Gasteiger partial charge in [0.05, 0.1) is 4.92 Å². The summed E-state index contributed by atoms with van der Waals surface area (Å²) in [6.07, 6.45) is 4.31. The molecule has 1 aromatic carbocycles. The first-order valence-electron chi connectivity index (χ1n) is 7.35. The Labute approximate surface area is 135 Å². The summed E-state index contributed by atoms with van der Waals surface area (Å²) < 4.78 is 0. The zero-order valence-corrected chi connectivity index (χ0v) is 13.2. The Bertz CT molecular complexity index is 581. The molecule has 22 heavy (non-hydrogen) atoms. The largest absolute Gasteiger partial charge is 0.349 e. The van der Waals surface area contributed by atoms with Crippen LogP contribution in [0.25, 0.3) is 0 Å². The van der Waals surface area contributed by atoms with E-state index in [4.69, 9.17) is 0 Å². The summed E-state index contributed by atoms with van der Waals surface area (Å²) in [6.45, 7) is 1.73. The van der Waals surface area contributed by atoms with Crippen LogP contribution in [-0.4, -0.2) is 29.0 Å². The topological polar surface area (TPSA) is 84.3 Å². The summed E-state index contributed by atoms with van der Waals surface area (Å²) in [5, 5.41) is 17.3. The summed E-state index contributed by atoms with van der Waals surface area (Å²) in [7, 11) is 0. The third-order valence-corrected chi connectivity index (χ3v) is 4.47. The van der Waals surface area contributed by atoms with Gasteiger partial charge in [0.1, 0.15) is 0 Å². The van der Waals surface area contributed by atoms with Crippen LogP contribution in [0.15, 0.2) is 18.2 Å². The van der Waals surface area contributed by atoms with Crippen molar-refractivity contribution in [1.29, 1.82) is 0 Å². The highest BCUT2D eigenvalue weighted by Crippen LogP contribution is 2.27. The van der Waals surface area contributed by atoms with Crippen LogP contribution in [0.4, 0.5) is 5.69 Å². The monoisotopic (exact) mass is 325 g/mol. The molecule has 0 spiro atoms. The fourth-order valence-corrected chi connectivity index (χ4v) is 3.45. The maximum atomic E-state index is 12.3. The number of piperidine rings is 1. The van der Waals surface area contributed by atoms with Gasteiger partial charge in [-0.05, 0) is 44.2 Å². The van der Waals surface area contributed by atoms with Gasteiger partial charge in [0.25, 0.3) is 11.6 Å². The molecular formula is C15H20ClN3O3. The standard InChI is InChI=1S/C15H19N3O3.ClH/c1-9-6-13(18(20)21)4-5-14(9)15(19)17-12-7-10-2-3-11(8-12)16-10;/h4-6,10-12,16H,2-3,7-8H2,1H3,(H,17,19);1H. The number of non-ortho nitro benzene ring substituents is 1. The number of nitrogens with zero attached hydrogens (tertiary/aromatic N) is 1. The van der Waals surface area contributed by atoms with Crippen LogP contribution in [0.2, 0.25) is 0 Å². The molecular weight excluding hydrogens is 306 g/mol. The average Bonchev–Trinajstić information content (AvgIpc) is 2.77. The van der Waals surface area contributed by atoms with Gasteiger partial charge in [0, 0.05) is 35.8 Å². The predicted octanol–water partition coefficient (Wildman–Crippen LogP) is 2.34. The Hall–Kier alpha value is -1.66. The second-order valence-electron chi connectivity index (χ2n) is 6.04. The van der Waals surface area contributed by atoms with Crippen molar-refractivity contribution in [3.8, 4) is 0 Å². The molecule has 2 unspecified atom stereocenters. The van der Waals surface area contributed by atoms with Crippen LogP contribution in [0.3, 0.4) is 0 Å². The number of nitro benzene ring substituents is 1. The molecule has 3 rings (SSSR count). The van der Waals surface area contributed by atoms with E-state index in [9.17, 15) is 14.9 Å². The van der Waals surface area contributed by atoms with Gasteiger partial charge in [-0.3, -0.25) is 14.9 Å². The zero-order chi connectivity index (χ0) is 15.0. The quantitative estimate of drug-likeness (QED) is 0.660. The fourth-order valence-electron chi connectivity index (χ4n) is 3.45. The maximum absolute atomic E-state index is 12.3. The third kappa shape index (κ3) is 3.39. The van der Waals surface area contributed by atoms with Crippen LogP contribution in [-0.2, 0) is 0 Å². The van der Waals surface area contributed by atoms with Gasteiger partial charge < -0.3 is 10.6 Å². The van der Waals surface area contributed by atoms with E-state index in [0.717, 1.165) is 12.8 Å². The first kappa shape index (κ1) is 16.7. The average molecular weight is 326 g/mol. The lowest BCUT2D eigenvalue weighted by atomic mass is 9.99. The van der Waals surface area contributed by atoms with E-state index in [1.54, 1.807) is 13.0 Å². The minimum Gasteiger partial charge on any atom is -0.349 e. The summed E-state index contributed by atoms with van der Waals surface area (Å²) in [5.41, 5.74) is 1.18. The summed E-state index contributed by atoms with van der Waals surface area (Å²) in [4.78, 5) is 22.6. The van der Waals surface area contributed by atoms with Crippen molar-refractivity contribution in [1.82, 2.24) is 10.6 Å². The Morgan fingerprint density at radius 2 is 1.95 bits per heavy atom. The summed E-state index contributed by atoms with van der Waals surface area (Å²) >= 11 is 0. The van der Waals surface area contributed by atoms with E-state index in [-0.39, 0.29) is 30.0 Å². The predicted molar refractivity (Wildman–Crippen MR) is 85.5 cm³/mol. The van der Waals surface area contributed by atoms with Gasteiger partial charge in [-0.25, -0.2) is 0 Å². The minimum absolute atomic E-state index is 0. The molecule has 2 heterocycles. The number of rotatable bonds is 3. The molecule has 2 atom stereocenters. The molecule has 2 saturated heterocycles. The molecule has 1 amide bonds. The smallest absolute Gasteiger partial charge is 0.269 e. The van der Waals surface area contributed by atoms with E-state index < -0.39 is 4.92 Å². The highest BCUT2D eigenvalue weighted by atomic mass is 35.5. The normalized spacial score (nSPS) is 26.1. The first-order chi connectivity index (χ1) is 10.0. The molecule has 0 aliphatic carbocycles. The number of nitro groups is 1. The van der Waals surface area contributed by atoms with Gasteiger partial charge in [0.15, 0.2) is 0 Å². The lowest BCUT2D eigenvalue weighted by molar-refractivity contribution is -0.384. The number of nitrogens with one attached hydrogen (secondary N) is 2. The number of carbonyl (C=O) groups excluding carboxylic acids is 1. The van der Waals surface area contributed by atoms with Crippen molar-refractivity contribution in [3.05, 3.63) is 39.4 Å². The molecule has 1 aromatic rings. The second-order valence-corrected chi connectivity index (χ2v) is 6.04. The van der Waals surface area contributed by atoms with Gasteiger partial charge in [0.2, 0.25) is 0 Å². The van der Waals surface area contributed by atoms with E-state index in [1.165, 1.54) is 25.0 Å². The molecule has 2 fully saturated rings. The van der Waals surface area contributed by atoms with Crippen LogP contribution >= 0.6 is 12.4 Å². The molecule has 0 aromatic heterocycles. The maximum Gasteiger partial charge on any atom is 0.269 e. The molecule has 2 bridgehead atoms. The molecule has 7 heteroatoms. The number of carbonyl (C=O) groups is 1. The number of aryl methyl sites for hydroxylation is 1. The molecule has 2 aliphatic heterocycles. The number of halogens is 1. The lowest BCUT2D eigenvalue weighted by Crippen LogP contribution is -2.48. The molecule has 2 N–H and O–H groups in total. The van der Waals surface area contributed by atoms with Gasteiger partial charge >= 0.3 is 0 Å². The molecule has 0 saturated carbocycles. The van der Waals surface area contributed by atoms with Crippen molar-refractivity contribution in [3.63, 3.8) is 0 Å².